The van der Waals surface area contributed by atoms with Crippen LogP contribution in [-0.2, 0) is 6.42 Å². The lowest BCUT2D eigenvalue weighted by atomic mass is 9.93. The molecule has 3 unspecified atom stereocenters. The Labute approximate surface area is 115 Å². The van der Waals surface area contributed by atoms with Gasteiger partial charge in [0.05, 0.1) is 6.61 Å². The maximum atomic E-state index is 6.00. The highest BCUT2D eigenvalue weighted by Crippen LogP contribution is 2.62. The molecule has 1 aromatic rings. The van der Waals surface area contributed by atoms with E-state index in [2.05, 4.69) is 30.6 Å². The maximum Gasteiger partial charge on any atom is 0.127 e. The molecular weight excluding hydrogens is 234 g/mol. The van der Waals surface area contributed by atoms with Gasteiger partial charge in [0.25, 0.3) is 0 Å². The molecule has 2 fully saturated rings. The Morgan fingerprint density at radius 2 is 2.05 bits per heavy atom. The van der Waals surface area contributed by atoms with Crippen LogP contribution in [0, 0.1) is 17.8 Å². The normalized spacial score (nSPS) is 33.2. The molecule has 2 aliphatic carbocycles. The fourth-order valence-corrected chi connectivity index (χ4v) is 4.59. The summed E-state index contributed by atoms with van der Waals surface area (Å²) in [6.45, 7) is 0.887. The minimum Gasteiger partial charge on any atom is -0.493 e. The lowest BCUT2D eigenvalue weighted by Crippen LogP contribution is -2.23. The molecule has 0 bridgehead atoms. The molecule has 4 rings (SSSR count). The maximum absolute atomic E-state index is 6.00. The predicted octanol–water partition coefficient (Wildman–Crippen LogP) is 3.32. The molecule has 1 N–H and O–H groups in total. The van der Waals surface area contributed by atoms with Crippen LogP contribution in [-0.4, -0.2) is 13.7 Å². The monoisotopic (exact) mass is 257 g/mol. The zero-order valence-corrected chi connectivity index (χ0v) is 11.7. The van der Waals surface area contributed by atoms with Crippen LogP contribution in [0.2, 0.25) is 0 Å². The molecule has 1 aliphatic heterocycles. The molecule has 3 aliphatic rings. The van der Waals surface area contributed by atoms with Crippen molar-refractivity contribution < 1.29 is 4.74 Å². The van der Waals surface area contributed by atoms with Gasteiger partial charge in [-0.25, -0.2) is 0 Å². The summed E-state index contributed by atoms with van der Waals surface area (Å²) in [5.41, 5.74) is 2.83. The van der Waals surface area contributed by atoms with Crippen LogP contribution in [0.25, 0.3) is 0 Å². The number of nitrogens with one attached hydrogen (secondary N) is 1. The number of para-hydroxylation sites is 1. The predicted molar refractivity (Wildman–Crippen MR) is 76.4 cm³/mol. The highest BCUT2D eigenvalue weighted by Gasteiger charge is 2.56. The molecule has 19 heavy (non-hydrogen) atoms. The molecule has 0 aromatic heterocycles. The van der Waals surface area contributed by atoms with Gasteiger partial charge in [0.15, 0.2) is 0 Å². The van der Waals surface area contributed by atoms with E-state index in [1.807, 2.05) is 0 Å². The molecule has 0 saturated heterocycles. The van der Waals surface area contributed by atoms with Gasteiger partial charge in [-0.05, 0) is 56.0 Å². The smallest absolute Gasteiger partial charge is 0.127 e. The van der Waals surface area contributed by atoms with Gasteiger partial charge >= 0.3 is 0 Å². The Morgan fingerprint density at radius 3 is 2.84 bits per heavy atom. The molecule has 1 heterocycles. The van der Waals surface area contributed by atoms with Crippen molar-refractivity contribution in [1.82, 2.24) is 5.32 Å². The molecular formula is C17H23NO. The zero-order valence-electron chi connectivity index (χ0n) is 11.7. The van der Waals surface area contributed by atoms with Crippen molar-refractivity contribution in [2.24, 2.45) is 17.8 Å². The SMILES string of the molecule is CNC(c1cccc2c1OCCC2)C1C2CCCC21. The molecule has 0 radical (unpaired) electrons. The second kappa shape index (κ2) is 4.52. The highest BCUT2D eigenvalue weighted by atomic mass is 16.5. The van der Waals surface area contributed by atoms with Crippen LogP contribution in [0.4, 0.5) is 0 Å². The topological polar surface area (TPSA) is 21.3 Å². The summed E-state index contributed by atoms with van der Waals surface area (Å²) in [4.78, 5) is 0. The summed E-state index contributed by atoms with van der Waals surface area (Å²) in [5.74, 6) is 4.02. The number of hydrogen-bond donors (Lipinski definition) is 1. The number of rotatable bonds is 3. The van der Waals surface area contributed by atoms with Crippen molar-refractivity contribution in [1.29, 1.82) is 0 Å². The molecule has 0 spiro atoms. The van der Waals surface area contributed by atoms with Crippen molar-refractivity contribution in [2.75, 3.05) is 13.7 Å². The second-order valence-electron chi connectivity index (χ2n) is 6.39. The first-order valence-corrected chi connectivity index (χ1v) is 7.82. The highest BCUT2D eigenvalue weighted by molar-refractivity contribution is 5.45. The van der Waals surface area contributed by atoms with Crippen LogP contribution in [0.5, 0.6) is 5.75 Å². The fourth-order valence-electron chi connectivity index (χ4n) is 4.59. The van der Waals surface area contributed by atoms with Gasteiger partial charge in [0.1, 0.15) is 5.75 Å². The van der Waals surface area contributed by atoms with Gasteiger partial charge in [0.2, 0.25) is 0 Å². The summed E-state index contributed by atoms with van der Waals surface area (Å²) < 4.78 is 6.00. The lowest BCUT2D eigenvalue weighted by Gasteiger charge is -2.26. The summed E-state index contributed by atoms with van der Waals surface area (Å²) in [6.07, 6.45) is 6.69. The van der Waals surface area contributed by atoms with Gasteiger partial charge in [-0.1, -0.05) is 24.6 Å². The van der Waals surface area contributed by atoms with Crippen LogP contribution in [0.3, 0.4) is 0 Å². The Bertz CT molecular complexity index is 474. The van der Waals surface area contributed by atoms with Crippen LogP contribution in [0.15, 0.2) is 18.2 Å². The average molecular weight is 257 g/mol. The number of aryl methyl sites for hydroxylation is 1. The van der Waals surface area contributed by atoms with Gasteiger partial charge in [0, 0.05) is 11.6 Å². The van der Waals surface area contributed by atoms with E-state index in [-0.39, 0.29) is 0 Å². The summed E-state index contributed by atoms with van der Waals surface area (Å²) in [5, 5.41) is 3.58. The van der Waals surface area contributed by atoms with E-state index in [1.165, 1.54) is 42.6 Å². The lowest BCUT2D eigenvalue weighted by molar-refractivity contribution is 0.279. The van der Waals surface area contributed by atoms with E-state index < -0.39 is 0 Å². The van der Waals surface area contributed by atoms with Crippen molar-refractivity contribution in [3.63, 3.8) is 0 Å². The third kappa shape index (κ3) is 1.80. The minimum absolute atomic E-state index is 0.503. The number of hydrogen-bond acceptors (Lipinski definition) is 2. The molecule has 2 heteroatoms. The van der Waals surface area contributed by atoms with E-state index in [0.717, 1.165) is 30.8 Å². The number of ether oxygens (including phenoxy) is 1. The molecule has 1 aromatic carbocycles. The van der Waals surface area contributed by atoms with Crippen molar-refractivity contribution in [3.05, 3.63) is 29.3 Å². The van der Waals surface area contributed by atoms with Crippen LogP contribution in [0.1, 0.15) is 42.9 Å². The summed E-state index contributed by atoms with van der Waals surface area (Å²) in [6, 6.07) is 7.23. The zero-order chi connectivity index (χ0) is 12.8. The second-order valence-corrected chi connectivity index (χ2v) is 6.39. The molecule has 3 atom stereocenters. The average Bonchev–Trinajstić information content (AvgIpc) is 2.93. The number of benzene rings is 1. The quantitative estimate of drug-likeness (QED) is 0.897. The van der Waals surface area contributed by atoms with E-state index >= 15 is 0 Å². The van der Waals surface area contributed by atoms with Gasteiger partial charge in [-0.3, -0.25) is 0 Å². The molecule has 102 valence electrons. The largest absolute Gasteiger partial charge is 0.493 e. The molecule has 0 amide bonds. The van der Waals surface area contributed by atoms with E-state index in [0.29, 0.717) is 6.04 Å². The minimum atomic E-state index is 0.503. The van der Waals surface area contributed by atoms with E-state index in [1.54, 1.807) is 0 Å². The molecule has 2 saturated carbocycles. The third-order valence-corrected chi connectivity index (χ3v) is 5.47. The standard InChI is InChI=1S/C17H23NO/c1-18-16(15-12-7-3-8-13(12)15)14-9-2-5-11-6-4-10-19-17(11)14/h2,5,9,12-13,15-16,18H,3-4,6-8,10H2,1H3. The molecule has 2 nitrogen and oxygen atoms in total. The Balaban J connectivity index is 1.67. The van der Waals surface area contributed by atoms with Crippen molar-refractivity contribution in [2.45, 2.75) is 38.1 Å². The Kier molecular flexibility index (Phi) is 2.80. The summed E-state index contributed by atoms with van der Waals surface area (Å²) in [7, 11) is 2.11. The van der Waals surface area contributed by atoms with Gasteiger partial charge in [-0.2, -0.15) is 0 Å². The van der Waals surface area contributed by atoms with Crippen molar-refractivity contribution >= 4 is 0 Å². The Morgan fingerprint density at radius 1 is 1.21 bits per heavy atom. The Hall–Kier alpha value is -1.02. The van der Waals surface area contributed by atoms with E-state index in [9.17, 15) is 0 Å². The van der Waals surface area contributed by atoms with Gasteiger partial charge < -0.3 is 10.1 Å². The third-order valence-electron chi connectivity index (χ3n) is 5.47. The first-order valence-electron chi connectivity index (χ1n) is 7.82. The first kappa shape index (κ1) is 11.8. The van der Waals surface area contributed by atoms with Gasteiger partial charge in [-0.15, -0.1) is 0 Å². The first-order chi connectivity index (χ1) is 9.40. The fraction of sp³-hybridized carbons (Fsp3) is 0.647. The van der Waals surface area contributed by atoms with Crippen molar-refractivity contribution in [3.8, 4) is 5.75 Å². The van der Waals surface area contributed by atoms with E-state index in [4.69, 9.17) is 4.74 Å². The number of fused-ring (bicyclic) bond motifs is 2. The van der Waals surface area contributed by atoms with Crippen LogP contribution < -0.4 is 10.1 Å². The summed E-state index contributed by atoms with van der Waals surface area (Å²) >= 11 is 0. The van der Waals surface area contributed by atoms with Crippen LogP contribution >= 0.6 is 0 Å².